The molecule has 1 heterocycles. The van der Waals surface area contributed by atoms with Crippen LogP contribution in [-0.2, 0) is 16.6 Å². The third kappa shape index (κ3) is 3.13. The number of sulfonamides is 1. The van der Waals surface area contributed by atoms with E-state index < -0.39 is 10.0 Å². The lowest BCUT2D eigenvalue weighted by Gasteiger charge is -2.09. The van der Waals surface area contributed by atoms with Crippen LogP contribution in [0.4, 0.5) is 0 Å². The molecule has 0 unspecified atom stereocenters. The topological polar surface area (TPSA) is 62.0 Å². The lowest BCUT2D eigenvalue weighted by Crippen LogP contribution is -2.23. The van der Waals surface area contributed by atoms with Gasteiger partial charge in [0.05, 0.1) is 4.90 Å². The van der Waals surface area contributed by atoms with Gasteiger partial charge in [-0.1, -0.05) is 35.3 Å². The van der Waals surface area contributed by atoms with Gasteiger partial charge in [-0.3, -0.25) is 0 Å². The fourth-order valence-electron chi connectivity index (χ4n) is 2.24. The van der Waals surface area contributed by atoms with Gasteiger partial charge in [-0.25, -0.2) is 13.1 Å². The molecule has 3 rings (SSSR count). The van der Waals surface area contributed by atoms with Crippen LogP contribution in [0.5, 0.6) is 0 Å². The van der Waals surface area contributed by atoms with E-state index in [1.165, 1.54) is 18.2 Å². The number of nitrogens with one attached hydrogen (secondary N) is 2. The molecule has 0 atom stereocenters. The number of fused-ring (bicyclic) bond motifs is 1. The Hall–Kier alpha value is -1.53. The number of H-pyrrole nitrogens is 1. The quantitative estimate of drug-likeness (QED) is 0.744. The van der Waals surface area contributed by atoms with E-state index in [9.17, 15) is 8.42 Å². The molecule has 7 heteroatoms. The first kappa shape index (κ1) is 15.4. The maximum atomic E-state index is 12.3. The van der Waals surface area contributed by atoms with Crippen LogP contribution in [0.3, 0.4) is 0 Å². The molecule has 0 saturated carbocycles. The minimum absolute atomic E-state index is 0.0474. The summed E-state index contributed by atoms with van der Waals surface area (Å²) in [6.45, 7) is 0.182. The number of halogens is 2. The van der Waals surface area contributed by atoms with Crippen LogP contribution in [0.2, 0.25) is 10.0 Å². The molecule has 0 aliphatic heterocycles. The minimum Gasteiger partial charge on any atom is -0.361 e. The fourth-order valence-corrected chi connectivity index (χ4v) is 3.98. The van der Waals surface area contributed by atoms with Gasteiger partial charge in [-0.15, -0.1) is 0 Å². The predicted octanol–water partition coefficient (Wildman–Crippen LogP) is 3.95. The second-order valence-corrected chi connectivity index (χ2v) is 7.43. The lowest BCUT2D eigenvalue weighted by molar-refractivity contribution is 0.581. The lowest BCUT2D eigenvalue weighted by atomic mass is 10.1. The van der Waals surface area contributed by atoms with Gasteiger partial charge in [-0.05, 0) is 35.9 Å². The van der Waals surface area contributed by atoms with E-state index in [-0.39, 0.29) is 21.5 Å². The Bertz CT molecular complexity index is 915. The van der Waals surface area contributed by atoms with E-state index in [4.69, 9.17) is 23.2 Å². The van der Waals surface area contributed by atoms with Gasteiger partial charge >= 0.3 is 0 Å². The molecule has 22 heavy (non-hydrogen) atoms. The third-order valence-corrected chi connectivity index (χ3v) is 5.10. The number of rotatable bonds is 4. The Labute approximate surface area is 138 Å². The van der Waals surface area contributed by atoms with Crippen LogP contribution in [0.15, 0.2) is 53.6 Å². The van der Waals surface area contributed by atoms with Crippen LogP contribution in [0.25, 0.3) is 10.9 Å². The zero-order chi connectivity index (χ0) is 15.7. The van der Waals surface area contributed by atoms with E-state index >= 15 is 0 Å². The molecular formula is C15H12Cl2N2O2S. The summed E-state index contributed by atoms with van der Waals surface area (Å²) < 4.78 is 27.3. The summed E-state index contributed by atoms with van der Waals surface area (Å²) in [4.78, 5) is 3.14. The summed E-state index contributed by atoms with van der Waals surface area (Å²) in [7, 11) is -3.68. The number of hydrogen-bond donors (Lipinski definition) is 2. The molecule has 0 aliphatic rings. The molecule has 0 spiro atoms. The van der Waals surface area contributed by atoms with Crippen molar-refractivity contribution in [2.75, 3.05) is 0 Å². The Morgan fingerprint density at radius 2 is 1.77 bits per heavy atom. The Morgan fingerprint density at radius 1 is 1.05 bits per heavy atom. The number of aromatic amines is 1. The molecule has 2 N–H and O–H groups in total. The van der Waals surface area contributed by atoms with Crippen molar-refractivity contribution >= 4 is 44.1 Å². The Balaban J connectivity index is 1.87. The van der Waals surface area contributed by atoms with E-state index in [2.05, 4.69) is 9.71 Å². The number of benzene rings is 2. The largest absolute Gasteiger partial charge is 0.361 e. The van der Waals surface area contributed by atoms with E-state index in [0.717, 1.165) is 16.5 Å². The van der Waals surface area contributed by atoms with E-state index in [1.807, 2.05) is 30.5 Å². The van der Waals surface area contributed by atoms with Gasteiger partial charge in [0.15, 0.2) is 0 Å². The van der Waals surface area contributed by atoms with E-state index in [0.29, 0.717) is 0 Å². The van der Waals surface area contributed by atoms with Crippen molar-refractivity contribution in [3.8, 4) is 0 Å². The predicted molar refractivity (Wildman–Crippen MR) is 88.8 cm³/mol. The molecule has 1 aromatic heterocycles. The summed E-state index contributed by atoms with van der Waals surface area (Å²) >= 11 is 11.7. The van der Waals surface area contributed by atoms with Crippen LogP contribution < -0.4 is 4.72 Å². The molecule has 0 fully saturated rings. The first-order valence-corrected chi connectivity index (χ1v) is 8.70. The number of aromatic nitrogens is 1. The highest BCUT2D eigenvalue weighted by molar-refractivity contribution is 7.89. The van der Waals surface area contributed by atoms with Gasteiger partial charge in [-0.2, -0.15) is 0 Å². The average Bonchev–Trinajstić information content (AvgIpc) is 2.93. The van der Waals surface area contributed by atoms with Crippen molar-refractivity contribution < 1.29 is 8.42 Å². The molecule has 0 aliphatic carbocycles. The summed E-state index contributed by atoms with van der Waals surface area (Å²) in [6, 6.07) is 11.8. The van der Waals surface area contributed by atoms with Crippen molar-refractivity contribution in [2.24, 2.45) is 0 Å². The Kier molecular flexibility index (Phi) is 4.14. The molecular weight excluding hydrogens is 343 g/mol. The SMILES string of the molecule is O=S(=O)(NCc1cccc2[nH]ccc12)c1cc(Cl)cc(Cl)c1. The van der Waals surface area contributed by atoms with Gasteiger partial charge in [0.25, 0.3) is 0 Å². The van der Waals surface area contributed by atoms with Gasteiger partial charge in [0.1, 0.15) is 0 Å². The highest BCUT2D eigenvalue weighted by atomic mass is 35.5. The average molecular weight is 355 g/mol. The second-order valence-electron chi connectivity index (χ2n) is 4.79. The van der Waals surface area contributed by atoms with Crippen molar-refractivity contribution in [2.45, 2.75) is 11.4 Å². The van der Waals surface area contributed by atoms with Gasteiger partial charge in [0.2, 0.25) is 10.0 Å². The third-order valence-electron chi connectivity index (χ3n) is 3.28. The molecule has 0 amide bonds. The second kappa shape index (κ2) is 5.93. The van der Waals surface area contributed by atoms with Crippen LogP contribution in [0, 0.1) is 0 Å². The highest BCUT2D eigenvalue weighted by Gasteiger charge is 2.16. The molecule has 4 nitrogen and oxygen atoms in total. The summed E-state index contributed by atoms with van der Waals surface area (Å²) in [5.74, 6) is 0. The maximum Gasteiger partial charge on any atom is 0.240 e. The molecule has 2 aromatic carbocycles. The van der Waals surface area contributed by atoms with Crippen molar-refractivity contribution in [1.29, 1.82) is 0 Å². The minimum atomic E-state index is -3.68. The Morgan fingerprint density at radius 3 is 2.50 bits per heavy atom. The maximum absolute atomic E-state index is 12.3. The zero-order valence-corrected chi connectivity index (χ0v) is 13.6. The van der Waals surface area contributed by atoms with Crippen LogP contribution in [-0.4, -0.2) is 13.4 Å². The first-order chi connectivity index (χ1) is 10.5. The molecule has 0 radical (unpaired) electrons. The van der Waals surface area contributed by atoms with Gasteiger partial charge < -0.3 is 4.98 Å². The molecule has 0 saturated heterocycles. The standard InChI is InChI=1S/C15H12Cl2N2O2S/c16-11-6-12(17)8-13(7-11)22(20,21)19-9-10-2-1-3-15-14(10)4-5-18-15/h1-8,18-19H,9H2. The normalized spacial score (nSPS) is 11.9. The van der Waals surface area contributed by atoms with Crippen LogP contribution >= 0.6 is 23.2 Å². The molecule has 0 bridgehead atoms. The number of hydrogen-bond acceptors (Lipinski definition) is 2. The van der Waals surface area contributed by atoms with E-state index in [1.54, 1.807) is 0 Å². The summed E-state index contributed by atoms with van der Waals surface area (Å²) in [6.07, 6.45) is 1.82. The fraction of sp³-hybridized carbons (Fsp3) is 0.0667. The molecule has 114 valence electrons. The monoisotopic (exact) mass is 354 g/mol. The summed E-state index contributed by atoms with van der Waals surface area (Å²) in [5, 5.41) is 1.54. The van der Waals surface area contributed by atoms with Crippen LogP contribution in [0.1, 0.15) is 5.56 Å². The van der Waals surface area contributed by atoms with Crippen molar-refractivity contribution in [3.63, 3.8) is 0 Å². The zero-order valence-electron chi connectivity index (χ0n) is 11.3. The highest BCUT2D eigenvalue weighted by Crippen LogP contribution is 2.23. The van der Waals surface area contributed by atoms with Crippen molar-refractivity contribution in [3.05, 3.63) is 64.3 Å². The smallest absolute Gasteiger partial charge is 0.240 e. The molecule has 3 aromatic rings. The van der Waals surface area contributed by atoms with Gasteiger partial charge in [0, 0.05) is 33.7 Å². The first-order valence-electron chi connectivity index (χ1n) is 6.46. The van der Waals surface area contributed by atoms with Crippen molar-refractivity contribution in [1.82, 2.24) is 9.71 Å². The summed E-state index contributed by atoms with van der Waals surface area (Å²) in [5.41, 5.74) is 1.85.